The highest BCUT2D eigenvalue weighted by molar-refractivity contribution is 5.31. The van der Waals surface area contributed by atoms with Crippen LogP contribution in [0, 0.1) is 0 Å². The van der Waals surface area contributed by atoms with Crippen LogP contribution in [0.5, 0.6) is 0 Å². The molecule has 0 aliphatic carbocycles. The third kappa shape index (κ3) is 3.19. The van der Waals surface area contributed by atoms with Gasteiger partial charge in [0.2, 0.25) is 0 Å². The van der Waals surface area contributed by atoms with Gasteiger partial charge in [-0.2, -0.15) is 0 Å². The Kier molecular flexibility index (Phi) is 4.51. The predicted octanol–water partition coefficient (Wildman–Crippen LogP) is 2.69. The fourth-order valence-electron chi connectivity index (χ4n) is 1.98. The fourth-order valence-corrected chi connectivity index (χ4v) is 1.98. The normalized spacial score (nSPS) is 12.3. The Morgan fingerprint density at radius 1 is 0.833 bits per heavy atom. The van der Waals surface area contributed by atoms with E-state index in [0.717, 1.165) is 24.0 Å². The van der Waals surface area contributed by atoms with E-state index in [9.17, 15) is 5.11 Å². The molecule has 18 heavy (non-hydrogen) atoms. The lowest BCUT2D eigenvalue weighted by molar-refractivity contribution is 0.220. The summed E-state index contributed by atoms with van der Waals surface area (Å²) in [6.45, 7) is 0.217. The topological polar surface area (TPSA) is 40.5 Å². The van der Waals surface area contributed by atoms with Gasteiger partial charge in [0.25, 0.3) is 0 Å². The van der Waals surface area contributed by atoms with Gasteiger partial charge in [-0.3, -0.25) is 0 Å². The molecule has 0 bridgehead atoms. The summed E-state index contributed by atoms with van der Waals surface area (Å²) in [5.41, 5.74) is 2.99. The zero-order chi connectivity index (χ0) is 12.8. The third-order valence-electron chi connectivity index (χ3n) is 3.03. The van der Waals surface area contributed by atoms with Gasteiger partial charge in [-0.25, -0.2) is 0 Å². The molecule has 0 saturated heterocycles. The van der Waals surface area contributed by atoms with E-state index in [4.69, 9.17) is 5.11 Å². The molecule has 0 aliphatic rings. The fraction of sp³-hybridized carbons (Fsp3) is 0.250. The summed E-state index contributed by atoms with van der Waals surface area (Å²) in [7, 11) is 0. The van der Waals surface area contributed by atoms with Crippen LogP contribution in [0.2, 0.25) is 0 Å². The molecular weight excluding hydrogens is 224 g/mol. The zero-order valence-corrected chi connectivity index (χ0v) is 10.3. The molecule has 2 heteroatoms. The van der Waals surface area contributed by atoms with Gasteiger partial charge in [0.05, 0.1) is 0 Å². The minimum Gasteiger partial charge on any atom is -0.396 e. The molecule has 0 radical (unpaired) electrons. The van der Waals surface area contributed by atoms with Gasteiger partial charge in [0, 0.05) is 6.61 Å². The molecule has 0 heterocycles. The number of benzene rings is 2. The van der Waals surface area contributed by atoms with Crippen LogP contribution in [0.25, 0.3) is 0 Å². The van der Waals surface area contributed by atoms with E-state index in [-0.39, 0.29) is 6.61 Å². The van der Waals surface area contributed by atoms with E-state index in [1.54, 1.807) is 0 Å². The Hall–Kier alpha value is -1.64. The molecule has 2 rings (SSSR count). The highest BCUT2D eigenvalue weighted by Crippen LogP contribution is 2.22. The standard InChI is InChI=1S/C16H18O2/c17-12-4-5-13-8-10-15(11-9-13)16(18)14-6-2-1-3-7-14/h1-3,6-11,16-18H,4-5,12H2. The van der Waals surface area contributed by atoms with Gasteiger partial charge in [0.15, 0.2) is 0 Å². The maximum absolute atomic E-state index is 10.2. The Morgan fingerprint density at radius 2 is 1.44 bits per heavy atom. The van der Waals surface area contributed by atoms with Crippen LogP contribution >= 0.6 is 0 Å². The highest BCUT2D eigenvalue weighted by Gasteiger charge is 2.09. The summed E-state index contributed by atoms with van der Waals surface area (Å²) >= 11 is 0. The van der Waals surface area contributed by atoms with Crippen molar-refractivity contribution in [3.8, 4) is 0 Å². The van der Waals surface area contributed by atoms with E-state index >= 15 is 0 Å². The average molecular weight is 242 g/mol. The maximum Gasteiger partial charge on any atom is 0.104 e. The molecule has 1 unspecified atom stereocenters. The van der Waals surface area contributed by atoms with Crippen molar-refractivity contribution in [2.75, 3.05) is 6.61 Å². The van der Waals surface area contributed by atoms with Crippen molar-refractivity contribution in [2.24, 2.45) is 0 Å². The van der Waals surface area contributed by atoms with Crippen LogP contribution in [0.1, 0.15) is 29.2 Å². The second-order valence-electron chi connectivity index (χ2n) is 4.38. The SMILES string of the molecule is OCCCc1ccc(C(O)c2ccccc2)cc1. The zero-order valence-electron chi connectivity index (χ0n) is 10.3. The Bertz CT molecular complexity index is 462. The van der Waals surface area contributed by atoms with Crippen LogP contribution in [0.3, 0.4) is 0 Å². The summed E-state index contributed by atoms with van der Waals surface area (Å²) in [5, 5.41) is 19.0. The second-order valence-corrected chi connectivity index (χ2v) is 4.38. The Morgan fingerprint density at radius 3 is 2.06 bits per heavy atom. The molecule has 0 saturated carbocycles. The maximum atomic E-state index is 10.2. The van der Waals surface area contributed by atoms with Crippen molar-refractivity contribution in [3.05, 3.63) is 71.3 Å². The molecule has 2 aromatic carbocycles. The largest absolute Gasteiger partial charge is 0.396 e. The Balaban J connectivity index is 2.09. The summed E-state index contributed by atoms with van der Waals surface area (Å²) in [5.74, 6) is 0. The summed E-state index contributed by atoms with van der Waals surface area (Å²) in [4.78, 5) is 0. The van der Waals surface area contributed by atoms with Gasteiger partial charge in [-0.05, 0) is 29.5 Å². The van der Waals surface area contributed by atoms with Crippen LogP contribution in [-0.2, 0) is 6.42 Å². The van der Waals surface area contributed by atoms with Crippen molar-refractivity contribution in [1.29, 1.82) is 0 Å². The third-order valence-corrected chi connectivity index (χ3v) is 3.03. The van der Waals surface area contributed by atoms with Gasteiger partial charge in [0.1, 0.15) is 6.10 Å². The number of hydrogen-bond donors (Lipinski definition) is 2. The molecule has 1 atom stereocenters. The number of rotatable bonds is 5. The van der Waals surface area contributed by atoms with E-state index in [0.29, 0.717) is 0 Å². The van der Waals surface area contributed by atoms with Gasteiger partial charge in [-0.1, -0.05) is 54.6 Å². The van der Waals surface area contributed by atoms with Crippen LogP contribution < -0.4 is 0 Å². The number of hydrogen-bond acceptors (Lipinski definition) is 2. The summed E-state index contributed by atoms with van der Waals surface area (Å²) in [6.07, 6.45) is 1.08. The van der Waals surface area contributed by atoms with Crippen LogP contribution in [-0.4, -0.2) is 16.8 Å². The van der Waals surface area contributed by atoms with E-state index in [1.807, 2.05) is 54.6 Å². The molecular formula is C16H18O2. The second kappa shape index (κ2) is 6.34. The van der Waals surface area contributed by atoms with Crippen molar-refractivity contribution in [3.63, 3.8) is 0 Å². The molecule has 0 spiro atoms. The first-order chi connectivity index (χ1) is 8.81. The number of aliphatic hydroxyl groups is 2. The van der Waals surface area contributed by atoms with E-state index < -0.39 is 6.10 Å². The van der Waals surface area contributed by atoms with Crippen molar-refractivity contribution >= 4 is 0 Å². The van der Waals surface area contributed by atoms with Gasteiger partial charge >= 0.3 is 0 Å². The lowest BCUT2D eigenvalue weighted by Crippen LogP contribution is -1.99. The lowest BCUT2D eigenvalue weighted by Gasteiger charge is -2.12. The summed E-state index contributed by atoms with van der Waals surface area (Å²) in [6, 6.07) is 17.5. The quantitative estimate of drug-likeness (QED) is 0.846. The number of aliphatic hydroxyl groups excluding tert-OH is 2. The van der Waals surface area contributed by atoms with E-state index in [1.165, 1.54) is 5.56 Å². The van der Waals surface area contributed by atoms with E-state index in [2.05, 4.69) is 0 Å². The smallest absolute Gasteiger partial charge is 0.104 e. The van der Waals surface area contributed by atoms with Crippen molar-refractivity contribution in [2.45, 2.75) is 18.9 Å². The van der Waals surface area contributed by atoms with Crippen LogP contribution in [0.4, 0.5) is 0 Å². The first-order valence-electron chi connectivity index (χ1n) is 6.24. The molecule has 2 N–H and O–H groups in total. The molecule has 0 aliphatic heterocycles. The number of aryl methyl sites for hydroxylation is 1. The highest BCUT2D eigenvalue weighted by atomic mass is 16.3. The van der Waals surface area contributed by atoms with Gasteiger partial charge < -0.3 is 10.2 Å². The van der Waals surface area contributed by atoms with Gasteiger partial charge in [-0.15, -0.1) is 0 Å². The minimum atomic E-state index is -0.571. The Labute approximate surface area is 108 Å². The van der Waals surface area contributed by atoms with Crippen LogP contribution in [0.15, 0.2) is 54.6 Å². The molecule has 94 valence electrons. The first-order valence-corrected chi connectivity index (χ1v) is 6.24. The minimum absolute atomic E-state index is 0.217. The van der Waals surface area contributed by atoms with Crippen molar-refractivity contribution in [1.82, 2.24) is 0 Å². The van der Waals surface area contributed by atoms with Crippen molar-refractivity contribution < 1.29 is 10.2 Å². The first kappa shape index (κ1) is 12.8. The molecule has 0 aromatic heterocycles. The predicted molar refractivity (Wildman–Crippen MR) is 72.4 cm³/mol. The lowest BCUT2D eigenvalue weighted by atomic mass is 9.99. The molecule has 0 amide bonds. The molecule has 2 aromatic rings. The molecule has 0 fully saturated rings. The average Bonchev–Trinajstić information content (AvgIpc) is 2.46. The molecule has 2 nitrogen and oxygen atoms in total. The monoisotopic (exact) mass is 242 g/mol. The summed E-state index contributed by atoms with van der Waals surface area (Å²) < 4.78 is 0.